The summed E-state index contributed by atoms with van der Waals surface area (Å²) in [4.78, 5) is 40.8. The predicted octanol–water partition coefficient (Wildman–Crippen LogP) is 5.01. The summed E-state index contributed by atoms with van der Waals surface area (Å²) in [6.45, 7) is 3.95. The second kappa shape index (κ2) is 7.82. The Labute approximate surface area is 207 Å². The van der Waals surface area contributed by atoms with Crippen LogP contribution in [0.1, 0.15) is 59.5 Å². The van der Waals surface area contributed by atoms with Crippen molar-refractivity contribution in [3.63, 3.8) is 0 Å². The molecule has 1 saturated heterocycles. The fraction of sp³-hybridized carbons (Fsp3) is 0.519. The molecule has 0 unspecified atom stereocenters. The van der Waals surface area contributed by atoms with Gasteiger partial charge in [-0.25, -0.2) is 4.79 Å². The van der Waals surface area contributed by atoms with E-state index in [4.69, 9.17) is 18.6 Å². The second-order valence-electron chi connectivity index (χ2n) is 10.7. The number of aryl methyl sites for hydroxylation is 1. The van der Waals surface area contributed by atoms with Crippen LogP contribution >= 0.6 is 11.3 Å². The van der Waals surface area contributed by atoms with Crippen LogP contribution in [0.15, 0.2) is 46.3 Å². The van der Waals surface area contributed by atoms with E-state index in [1.165, 1.54) is 11.3 Å². The van der Waals surface area contributed by atoms with Crippen LogP contribution in [0.4, 0.5) is 0 Å². The van der Waals surface area contributed by atoms with E-state index in [0.29, 0.717) is 30.6 Å². The van der Waals surface area contributed by atoms with Gasteiger partial charge in [0, 0.05) is 29.2 Å². The summed E-state index contributed by atoms with van der Waals surface area (Å²) in [6, 6.07) is 3.57. The van der Waals surface area contributed by atoms with E-state index in [-0.39, 0.29) is 23.6 Å². The average Bonchev–Trinajstić information content (AvgIpc) is 3.50. The number of esters is 2. The molecular weight excluding hydrogens is 468 g/mol. The van der Waals surface area contributed by atoms with Gasteiger partial charge in [-0.05, 0) is 60.8 Å². The molecule has 0 aromatic carbocycles. The lowest BCUT2D eigenvalue weighted by Crippen LogP contribution is -2.66. The van der Waals surface area contributed by atoms with E-state index in [1.807, 2.05) is 19.2 Å². The highest BCUT2D eigenvalue weighted by Crippen LogP contribution is 2.70. The number of cyclic esters (lactones) is 1. The van der Waals surface area contributed by atoms with Crippen LogP contribution in [0, 0.1) is 35.5 Å². The summed E-state index contributed by atoms with van der Waals surface area (Å²) < 4.78 is 22.6. The molecule has 3 heterocycles. The minimum atomic E-state index is -0.882. The van der Waals surface area contributed by atoms with Gasteiger partial charge in [0.15, 0.2) is 11.9 Å². The zero-order valence-electron chi connectivity index (χ0n) is 19.9. The van der Waals surface area contributed by atoms with Gasteiger partial charge in [-0.1, -0.05) is 6.92 Å². The van der Waals surface area contributed by atoms with Gasteiger partial charge in [0.2, 0.25) is 0 Å². The standard InChI is InChI=1S/C27H28O7S/c1-14-8-21(35-13-14)25(30)33-18-9-17-20(31-3)11-27(17)6-4-16-24(29)34-19(15-5-7-32-12-15)10-26(16,2)23(27)22(18)28/h5,7-8,11-13,16-19,23H,4,6,9-10H2,1-3H3/t16-,17-,18-,19-,23+,26-,27+/m0/s1. The zero-order valence-corrected chi connectivity index (χ0v) is 20.8. The largest absolute Gasteiger partial charge is 0.501 e. The number of hydrogen-bond acceptors (Lipinski definition) is 8. The fourth-order valence-corrected chi connectivity index (χ4v) is 8.06. The van der Waals surface area contributed by atoms with Crippen molar-refractivity contribution in [3.05, 3.63) is 57.9 Å². The molecule has 1 aliphatic heterocycles. The van der Waals surface area contributed by atoms with Crippen molar-refractivity contribution in [2.75, 3.05) is 7.11 Å². The smallest absolute Gasteiger partial charge is 0.349 e. The van der Waals surface area contributed by atoms with Crippen LogP contribution in [0.3, 0.4) is 0 Å². The predicted molar refractivity (Wildman–Crippen MR) is 125 cm³/mol. The highest BCUT2D eigenvalue weighted by molar-refractivity contribution is 7.12. The first-order valence-corrected chi connectivity index (χ1v) is 12.9. The van der Waals surface area contributed by atoms with E-state index in [1.54, 1.807) is 31.8 Å². The Hall–Kier alpha value is -2.87. The molecule has 7 atom stereocenters. The molecule has 3 aliphatic carbocycles. The van der Waals surface area contributed by atoms with Gasteiger partial charge >= 0.3 is 11.9 Å². The van der Waals surface area contributed by atoms with Crippen LogP contribution in [-0.2, 0) is 23.8 Å². The molecule has 8 heteroatoms. The van der Waals surface area contributed by atoms with Crippen LogP contribution in [0.25, 0.3) is 0 Å². The Balaban J connectivity index is 1.38. The Morgan fingerprint density at radius 3 is 2.77 bits per heavy atom. The van der Waals surface area contributed by atoms with Crippen molar-refractivity contribution < 1.29 is 33.0 Å². The molecule has 0 N–H and O–H groups in total. The van der Waals surface area contributed by atoms with E-state index < -0.39 is 34.9 Å². The minimum absolute atomic E-state index is 0.0267. The number of ether oxygens (including phenoxy) is 3. The second-order valence-corrected chi connectivity index (χ2v) is 11.6. The lowest BCUT2D eigenvalue weighted by molar-refractivity contribution is -0.205. The Morgan fingerprint density at radius 1 is 1.26 bits per heavy atom. The van der Waals surface area contributed by atoms with Crippen LogP contribution in [-0.4, -0.2) is 30.9 Å². The van der Waals surface area contributed by atoms with Crippen molar-refractivity contribution in [3.8, 4) is 0 Å². The van der Waals surface area contributed by atoms with Gasteiger partial charge < -0.3 is 18.6 Å². The van der Waals surface area contributed by atoms with E-state index in [2.05, 4.69) is 6.08 Å². The zero-order chi connectivity index (χ0) is 24.5. The number of fused-ring (bicyclic) bond motifs is 2. The fourth-order valence-electron chi connectivity index (χ4n) is 7.28. The maximum absolute atomic E-state index is 14.2. The number of furan rings is 1. The molecule has 0 bridgehead atoms. The highest BCUT2D eigenvalue weighted by atomic mass is 32.1. The Morgan fingerprint density at radius 2 is 2.09 bits per heavy atom. The normalized spacial score (nSPS) is 37.7. The van der Waals surface area contributed by atoms with Gasteiger partial charge in [0.1, 0.15) is 11.0 Å². The van der Waals surface area contributed by atoms with Crippen molar-refractivity contribution in [2.24, 2.45) is 28.6 Å². The maximum Gasteiger partial charge on any atom is 0.349 e. The van der Waals surface area contributed by atoms with Crippen molar-refractivity contribution in [1.82, 2.24) is 0 Å². The number of hydrogen-bond donors (Lipinski definition) is 0. The van der Waals surface area contributed by atoms with Gasteiger partial charge in [0.05, 0.1) is 31.3 Å². The molecule has 2 saturated carbocycles. The minimum Gasteiger partial charge on any atom is -0.501 e. The average molecular weight is 497 g/mol. The number of carbonyl (C=O) groups excluding carboxylic acids is 3. The van der Waals surface area contributed by atoms with E-state index in [0.717, 1.165) is 16.9 Å². The van der Waals surface area contributed by atoms with Gasteiger partial charge in [-0.2, -0.15) is 0 Å². The van der Waals surface area contributed by atoms with Crippen molar-refractivity contribution in [2.45, 2.75) is 51.7 Å². The van der Waals surface area contributed by atoms with Crippen LogP contribution in [0.5, 0.6) is 0 Å². The highest BCUT2D eigenvalue weighted by Gasteiger charge is 2.70. The molecule has 2 aromatic rings. The maximum atomic E-state index is 14.2. The Bertz CT molecular complexity index is 1230. The van der Waals surface area contributed by atoms with Gasteiger partial charge in [0.25, 0.3) is 0 Å². The number of carbonyl (C=O) groups is 3. The van der Waals surface area contributed by atoms with Gasteiger partial charge in [-0.3, -0.25) is 9.59 Å². The summed E-state index contributed by atoms with van der Waals surface area (Å²) in [5.41, 5.74) is 0.725. The molecule has 0 amide bonds. The molecule has 3 fully saturated rings. The number of allylic oxidation sites excluding steroid dienone is 2. The number of methoxy groups -OCH3 is 1. The lowest BCUT2D eigenvalue weighted by Gasteiger charge is -2.64. The van der Waals surface area contributed by atoms with Crippen LogP contribution < -0.4 is 0 Å². The summed E-state index contributed by atoms with van der Waals surface area (Å²) in [5.74, 6) is -0.900. The first-order chi connectivity index (χ1) is 16.8. The summed E-state index contributed by atoms with van der Waals surface area (Å²) in [5, 5.41) is 1.89. The molecule has 6 rings (SSSR count). The van der Waals surface area contributed by atoms with Crippen molar-refractivity contribution >= 4 is 29.1 Å². The third kappa shape index (κ3) is 3.18. The Kier molecular flexibility index (Phi) is 5.04. The first-order valence-electron chi connectivity index (χ1n) is 12.1. The third-order valence-electron chi connectivity index (χ3n) is 8.81. The number of thiophene rings is 1. The SMILES string of the molecule is COC1=C[C@@]23CC[C@H]4C(=O)O[C@H](c5ccoc5)C[C@]4(C)[C@H]2C(=O)[C@@H](OC(=O)c2cc(C)cs2)C[C@@H]13. The summed E-state index contributed by atoms with van der Waals surface area (Å²) in [6.07, 6.45) is 6.15. The first kappa shape index (κ1) is 22.6. The topological polar surface area (TPSA) is 92.0 Å². The number of rotatable bonds is 4. The molecule has 0 radical (unpaired) electrons. The summed E-state index contributed by atoms with van der Waals surface area (Å²) in [7, 11) is 1.64. The lowest BCUT2D eigenvalue weighted by atomic mass is 9.39. The quantitative estimate of drug-likeness (QED) is 0.549. The van der Waals surface area contributed by atoms with Crippen LogP contribution in [0.2, 0.25) is 0 Å². The van der Waals surface area contributed by atoms with Gasteiger partial charge in [-0.15, -0.1) is 11.3 Å². The molecule has 184 valence electrons. The summed E-state index contributed by atoms with van der Waals surface area (Å²) >= 11 is 1.31. The third-order valence-corrected chi connectivity index (χ3v) is 9.84. The number of Topliss-reactive ketones (excluding diaryl/α,β-unsaturated/α-hetero) is 1. The molecule has 1 spiro atoms. The van der Waals surface area contributed by atoms with E-state index >= 15 is 0 Å². The number of ketones is 1. The molecule has 7 nitrogen and oxygen atoms in total. The molecule has 4 aliphatic rings. The molecule has 2 aromatic heterocycles. The van der Waals surface area contributed by atoms with Crippen molar-refractivity contribution in [1.29, 1.82) is 0 Å². The molecular formula is C27H28O7S. The van der Waals surface area contributed by atoms with E-state index in [9.17, 15) is 14.4 Å². The molecule has 35 heavy (non-hydrogen) atoms. The monoisotopic (exact) mass is 496 g/mol.